The molecule has 1 aliphatic carbocycles. The van der Waals surface area contributed by atoms with Crippen LogP contribution >= 0.6 is 0 Å². The third-order valence-corrected chi connectivity index (χ3v) is 5.99. The van der Waals surface area contributed by atoms with E-state index in [1.807, 2.05) is 24.4 Å². The normalized spacial score (nSPS) is 21.7. The summed E-state index contributed by atoms with van der Waals surface area (Å²) in [6.45, 7) is 4.69. The molecule has 0 radical (unpaired) electrons. The molecule has 28 heavy (non-hydrogen) atoms. The molecule has 2 bridgehead atoms. The number of ether oxygens (including phenoxy) is 1. The summed E-state index contributed by atoms with van der Waals surface area (Å²) in [6, 6.07) is 6.43. The second-order valence-electron chi connectivity index (χ2n) is 8.29. The Kier molecular flexibility index (Phi) is 5.56. The van der Waals surface area contributed by atoms with Crippen molar-refractivity contribution in [2.45, 2.75) is 58.3 Å². The van der Waals surface area contributed by atoms with Crippen LogP contribution in [0.1, 0.15) is 74.5 Å². The highest BCUT2D eigenvalue weighted by Crippen LogP contribution is 2.36. The molecule has 4 rings (SSSR count). The number of fused-ring (bicyclic) bond motifs is 2. The van der Waals surface area contributed by atoms with Crippen molar-refractivity contribution in [2.24, 2.45) is 10.9 Å². The topological polar surface area (TPSA) is 53.2 Å². The van der Waals surface area contributed by atoms with Crippen molar-refractivity contribution in [3.63, 3.8) is 0 Å². The van der Waals surface area contributed by atoms with Gasteiger partial charge in [0, 0.05) is 23.7 Å². The molecule has 2 N–H and O–H groups in total. The lowest BCUT2D eigenvalue weighted by molar-refractivity contribution is 0.303. The van der Waals surface area contributed by atoms with Crippen LogP contribution in [0.4, 0.5) is 0 Å². The maximum absolute atomic E-state index is 5.63. The standard InChI is InChI=1S/C24H31N3O/c1-16(2)18-10-7-5-4-6-9-17-13-19(18)21(26-17)14-23-24(28-3)15-22(27-23)20-11-8-12-25-20/h8,11-16,18,25-26H,4-7,9-10H2,1-3H3/b23-14+. The van der Waals surface area contributed by atoms with Crippen LogP contribution in [-0.2, 0) is 11.2 Å². The van der Waals surface area contributed by atoms with Crippen LogP contribution in [0.2, 0.25) is 0 Å². The summed E-state index contributed by atoms with van der Waals surface area (Å²) in [4.78, 5) is 11.8. The summed E-state index contributed by atoms with van der Waals surface area (Å²) in [5.74, 6) is 2.02. The van der Waals surface area contributed by atoms with Crippen LogP contribution in [0.15, 0.2) is 46.9 Å². The lowest BCUT2D eigenvalue weighted by Crippen LogP contribution is -2.08. The van der Waals surface area contributed by atoms with Gasteiger partial charge in [0.05, 0.1) is 18.5 Å². The number of hydrogen-bond donors (Lipinski definition) is 2. The summed E-state index contributed by atoms with van der Waals surface area (Å²) in [5, 5.41) is 0. The highest BCUT2D eigenvalue weighted by atomic mass is 16.5. The first-order valence-electron chi connectivity index (χ1n) is 10.6. The minimum absolute atomic E-state index is 0.582. The first-order chi connectivity index (χ1) is 13.7. The predicted molar refractivity (Wildman–Crippen MR) is 116 cm³/mol. The maximum Gasteiger partial charge on any atom is 0.146 e. The monoisotopic (exact) mass is 377 g/mol. The zero-order chi connectivity index (χ0) is 19.5. The van der Waals surface area contributed by atoms with E-state index in [4.69, 9.17) is 9.73 Å². The molecule has 0 fully saturated rings. The van der Waals surface area contributed by atoms with E-state index in [9.17, 15) is 0 Å². The smallest absolute Gasteiger partial charge is 0.146 e. The summed E-state index contributed by atoms with van der Waals surface area (Å²) >= 11 is 0. The molecule has 1 unspecified atom stereocenters. The van der Waals surface area contributed by atoms with E-state index in [2.05, 4.69) is 36.0 Å². The van der Waals surface area contributed by atoms with Gasteiger partial charge in [-0.15, -0.1) is 0 Å². The SMILES string of the molecule is COC1=CC(c2ccc[nH]2)=N/C1=C/c1[nH]c2cc1C(C(C)C)CCCCCC2. The van der Waals surface area contributed by atoms with E-state index in [0.717, 1.165) is 29.3 Å². The van der Waals surface area contributed by atoms with Gasteiger partial charge in [-0.2, -0.15) is 0 Å². The van der Waals surface area contributed by atoms with E-state index < -0.39 is 0 Å². The van der Waals surface area contributed by atoms with Crippen molar-refractivity contribution in [3.05, 3.63) is 64.6 Å². The third-order valence-electron chi connectivity index (χ3n) is 5.99. The number of nitrogens with zero attached hydrogens (tertiary/aromatic N) is 1. The van der Waals surface area contributed by atoms with E-state index in [-0.39, 0.29) is 0 Å². The third kappa shape index (κ3) is 3.87. The molecule has 1 aliphatic heterocycles. The van der Waals surface area contributed by atoms with Crippen molar-refractivity contribution >= 4 is 11.8 Å². The number of H-pyrrole nitrogens is 2. The van der Waals surface area contributed by atoms with Crippen LogP contribution in [-0.4, -0.2) is 22.8 Å². The van der Waals surface area contributed by atoms with Gasteiger partial charge in [0.25, 0.3) is 0 Å². The van der Waals surface area contributed by atoms with Gasteiger partial charge in [0.15, 0.2) is 0 Å². The molecular formula is C24H31N3O. The van der Waals surface area contributed by atoms with Crippen molar-refractivity contribution in [3.8, 4) is 0 Å². The number of nitrogens with one attached hydrogen (secondary N) is 2. The molecule has 148 valence electrons. The van der Waals surface area contributed by atoms with E-state index >= 15 is 0 Å². The molecule has 1 atom stereocenters. The number of rotatable bonds is 4. The molecule has 0 aromatic carbocycles. The van der Waals surface area contributed by atoms with E-state index in [0.29, 0.717) is 11.8 Å². The van der Waals surface area contributed by atoms with Gasteiger partial charge in [-0.3, -0.25) is 0 Å². The van der Waals surface area contributed by atoms with Crippen LogP contribution in [0.25, 0.3) is 6.08 Å². The van der Waals surface area contributed by atoms with Gasteiger partial charge in [0.1, 0.15) is 11.5 Å². The van der Waals surface area contributed by atoms with Crippen LogP contribution in [0.5, 0.6) is 0 Å². The van der Waals surface area contributed by atoms with E-state index in [1.54, 1.807) is 7.11 Å². The summed E-state index contributed by atoms with van der Waals surface area (Å²) in [6.07, 6.45) is 13.8. The Morgan fingerprint density at radius 1 is 1.21 bits per heavy atom. The number of aromatic nitrogens is 2. The molecule has 2 aliphatic rings. The highest BCUT2D eigenvalue weighted by molar-refractivity contribution is 6.11. The zero-order valence-electron chi connectivity index (χ0n) is 17.2. The largest absolute Gasteiger partial charge is 0.494 e. The number of aromatic amines is 2. The summed E-state index contributed by atoms with van der Waals surface area (Å²) < 4.78 is 5.63. The minimum Gasteiger partial charge on any atom is -0.494 e. The van der Waals surface area contributed by atoms with Gasteiger partial charge in [0.2, 0.25) is 0 Å². The quantitative estimate of drug-likeness (QED) is 0.678. The average molecular weight is 378 g/mol. The van der Waals surface area contributed by atoms with Gasteiger partial charge in [-0.25, -0.2) is 4.99 Å². The fraction of sp³-hybridized carbons (Fsp3) is 0.458. The Hall–Kier alpha value is -2.49. The molecule has 2 aromatic rings. The van der Waals surface area contributed by atoms with Gasteiger partial charge in [-0.05, 0) is 60.9 Å². The second-order valence-corrected chi connectivity index (χ2v) is 8.29. The fourth-order valence-electron chi connectivity index (χ4n) is 4.44. The van der Waals surface area contributed by atoms with Crippen LogP contribution < -0.4 is 0 Å². The number of hydrogen-bond acceptors (Lipinski definition) is 2. The molecule has 0 spiro atoms. The first kappa shape index (κ1) is 18.9. The highest BCUT2D eigenvalue weighted by Gasteiger charge is 2.23. The first-order valence-corrected chi connectivity index (χ1v) is 10.6. The van der Waals surface area contributed by atoms with Crippen molar-refractivity contribution in [1.29, 1.82) is 0 Å². The van der Waals surface area contributed by atoms with Gasteiger partial charge in [-0.1, -0.05) is 33.1 Å². The van der Waals surface area contributed by atoms with Crippen molar-refractivity contribution < 1.29 is 4.74 Å². The Balaban J connectivity index is 1.74. The minimum atomic E-state index is 0.582. The Bertz CT molecular complexity index is 896. The number of methoxy groups -OCH3 is 1. The Morgan fingerprint density at radius 3 is 2.82 bits per heavy atom. The van der Waals surface area contributed by atoms with Gasteiger partial charge < -0.3 is 14.7 Å². The second kappa shape index (κ2) is 8.26. The van der Waals surface area contributed by atoms with Crippen LogP contribution in [0.3, 0.4) is 0 Å². The molecular weight excluding hydrogens is 346 g/mol. The Labute approximate surface area is 167 Å². The average Bonchev–Trinajstić information content (AvgIpc) is 3.41. The number of allylic oxidation sites excluding steroid dienone is 1. The molecule has 3 heterocycles. The number of aliphatic imine (C=N–C) groups is 1. The summed E-state index contributed by atoms with van der Waals surface area (Å²) in [7, 11) is 1.72. The lowest BCUT2D eigenvalue weighted by Gasteiger charge is -2.21. The van der Waals surface area contributed by atoms with Crippen molar-refractivity contribution in [2.75, 3.05) is 7.11 Å². The maximum atomic E-state index is 5.63. The van der Waals surface area contributed by atoms with Crippen molar-refractivity contribution in [1.82, 2.24) is 9.97 Å². The molecule has 4 heteroatoms. The fourth-order valence-corrected chi connectivity index (χ4v) is 4.44. The zero-order valence-corrected chi connectivity index (χ0v) is 17.2. The van der Waals surface area contributed by atoms with Crippen LogP contribution in [0, 0.1) is 5.92 Å². The molecule has 0 saturated heterocycles. The lowest BCUT2D eigenvalue weighted by atomic mass is 9.83. The molecule has 2 aromatic heterocycles. The Morgan fingerprint density at radius 2 is 2.07 bits per heavy atom. The molecule has 4 nitrogen and oxygen atoms in total. The summed E-state index contributed by atoms with van der Waals surface area (Å²) in [5.41, 5.74) is 6.81. The predicted octanol–water partition coefficient (Wildman–Crippen LogP) is 5.96. The van der Waals surface area contributed by atoms with Gasteiger partial charge >= 0.3 is 0 Å². The van der Waals surface area contributed by atoms with E-state index in [1.165, 1.54) is 49.1 Å². The molecule has 0 amide bonds. The number of aryl methyl sites for hydroxylation is 1. The molecule has 0 saturated carbocycles.